The van der Waals surface area contributed by atoms with Crippen molar-refractivity contribution in [3.05, 3.63) is 23.8 Å². The topological polar surface area (TPSA) is 101 Å². The summed E-state index contributed by atoms with van der Waals surface area (Å²) < 4.78 is 23.8. The van der Waals surface area contributed by atoms with E-state index in [1.54, 1.807) is 17.0 Å². The average molecular weight is 316 g/mol. The van der Waals surface area contributed by atoms with Gasteiger partial charge in [0, 0.05) is 24.3 Å². The van der Waals surface area contributed by atoms with Gasteiger partial charge in [0.2, 0.25) is 0 Å². The van der Waals surface area contributed by atoms with Crippen LogP contribution in [0.1, 0.15) is 10.4 Å². The number of nitrogens with zero attached hydrogens (tertiary/aromatic N) is 1. The van der Waals surface area contributed by atoms with Crippen LogP contribution in [-0.2, 0) is 9.84 Å². The Kier molecular flexibility index (Phi) is 4.14. The van der Waals surface area contributed by atoms with Crippen molar-refractivity contribution in [2.75, 3.05) is 34.9 Å². The Morgan fingerprint density at radius 2 is 2.20 bits per heavy atom. The summed E-state index contributed by atoms with van der Waals surface area (Å²) in [7, 11) is -3.33. The van der Waals surface area contributed by atoms with Gasteiger partial charge in [0.15, 0.2) is 9.84 Å². The van der Waals surface area contributed by atoms with Crippen LogP contribution < -0.4 is 10.6 Å². The molecule has 0 saturated carbocycles. The fourth-order valence-electron chi connectivity index (χ4n) is 2.25. The molecule has 0 spiro atoms. The molecule has 1 aromatic rings. The molecule has 3 N–H and O–H groups in total. The van der Waals surface area contributed by atoms with E-state index in [9.17, 15) is 18.3 Å². The van der Waals surface area contributed by atoms with E-state index in [4.69, 9.17) is 5.73 Å². The highest BCUT2D eigenvalue weighted by Gasteiger charge is 2.34. The Morgan fingerprint density at radius 1 is 1.50 bits per heavy atom. The van der Waals surface area contributed by atoms with Crippen LogP contribution in [0, 0.1) is 0 Å². The van der Waals surface area contributed by atoms with Crippen molar-refractivity contribution in [1.29, 1.82) is 0 Å². The largest absolute Gasteiger partial charge is 0.478 e. The smallest absolute Gasteiger partial charge is 0.337 e. The summed E-state index contributed by atoms with van der Waals surface area (Å²) in [5.74, 6) is 0.0313. The molecule has 0 amide bonds. The zero-order valence-electron chi connectivity index (χ0n) is 10.9. The van der Waals surface area contributed by atoms with Gasteiger partial charge in [-0.05, 0) is 12.1 Å². The molecule has 1 atom stereocenters. The molecule has 0 radical (unpaired) electrons. The molecule has 0 aromatic heterocycles. The number of aromatic carboxylic acids is 1. The third-order valence-electron chi connectivity index (χ3n) is 3.16. The van der Waals surface area contributed by atoms with Crippen LogP contribution in [0.3, 0.4) is 0 Å². The van der Waals surface area contributed by atoms with Crippen LogP contribution in [0.25, 0.3) is 0 Å². The van der Waals surface area contributed by atoms with Gasteiger partial charge in [0.1, 0.15) is 5.37 Å². The lowest BCUT2D eigenvalue weighted by molar-refractivity contribution is 0.0697. The quantitative estimate of drug-likeness (QED) is 0.799. The molecule has 0 aliphatic carbocycles. The van der Waals surface area contributed by atoms with Gasteiger partial charge in [-0.1, -0.05) is 6.07 Å². The average Bonchev–Trinajstić information content (AvgIpc) is 2.37. The summed E-state index contributed by atoms with van der Waals surface area (Å²) in [5.41, 5.74) is 6.51. The minimum absolute atomic E-state index is 0.0329. The van der Waals surface area contributed by atoms with Crippen molar-refractivity contribution in [2.45, 2.75) is 5.37 Å². The molecule has 1 fully saturated rings. The van der Waals surface area contributed by atoms with Gasteiger partial charge in [-0.15, -0.1) is 0 Å². The number of nitrogens with two attached hydrogens (primary N) is 1. The van der Waals surface area contributed by atoms with E-state index in [2.05, 4.69) is 0 Å². The first-order valence-electron chi connectivity index (χ1n) is 5.97. The van der Waals surface area contributed by atoms with Crippen LogP contribution in [0.15, 0.2) is 18.2 Å². The number of sulfone groups is 1. The zero-order chi connectivity index (χ0) is 14.9. The van der Waals surface area contributed by atoms with Gasteiger partial charge < -0.3 is 15.7 Å². The van der Waals surface area contributed by atoms with Gasteiger partial charge in [-0.25, -0.2) is 13.2 Å². The van der Waals surface area contributed by atoms with Crippen LogP contribution >= 0.6 is 11.8 Å². The molecule has 1 aliphatic rings. The van der Waals surface area contributed by atoms with Crippen molar-refractivity contribution < 1.29 is 18.3 Å². The van der Waals surface area contributed by atoms with Crippen molar-refractivity contribution >= 4 is 38.9 Å². The second-order valence-electron chi connectivity index (χ2n) is 4.60. The fraction of sp³-hybridized carbons (Fsp3) is 0.417. The monoisotopic (exact) mass is 316 g/mol. The van der Waals surface area contributed by atoms with Crippen molar-refractivity contribution in [2.24, 2.45) is 0 Å². The summed E-state index contributed by atoms with van der Waals surface area (Å²) in [6.07, 6.45) is 1.16. The second kappa shape index (κ2) is 5.53. The lowest BCUT2D eigenvalue weighted by Gasteiger charge is -2.37. The van der Waals surface area contributed by atoms with Crippen LogP contribution in [-0.4, -0.2) is 49.2 Å². The number of carboxylic acids is 1. The SMILES string of the molecule is CS(=O)(=O)C1CSCCN1c1c(N)cccc1C(=O)O. The van der Waals surface area contributed by atoms with Crippen LogP contribution in [0.2, 0.25) is 0 Å². The molecule has 1 heterocycles. The first-order chi connectivity index (χ1) is 9.32. The number of thioether (sulfide) groups is 1. The maximum absolute atomic E-state index is 11.9. The third kappa shape index (κ3) is 2.85. The van der Waals surface area contributed by atoms with Gasteiger partial charge in [0.25, 0.3) is 0 Å². The van der Waals surface area contributed by atoms with Crippen molar-refractivity contribution in [3.63, 3.8) is 0 Å². The van der Waals surface area contributed by atoms with Crippen LogP contribution in [0.4, 0.5) is 11.4 Å². The number of hydrogen-bond donors (Lipinski definition) is 2. The lowest BCUT2D eigenvalue weighted by Crippen LogP contribution is -2.47. The Balaban J connectivity index is 2.56. The molecular formula is C12H16N2O4S2. The summed E-state index contributed by atoms with van der Waals surface area (Å²) >= 11 is 1.54. The van der Waals surface area contributed by atoms with E-state index in [0.717, 1.165) is 12.0 Å². The maximum atomic E-state index is 11.9. The minimum Gasteiger partial charge on any atom is -0.478 e. The fourth-order valence-corrected chi connectivity index (χ4v) is 5.07. The van der Waals surface area contributed by atoms with E-state index in [1.807, 2.05) is 0 Å². The predicted molar refractivity (Wildman–Crippen MR) is 81.1 cm³/mol. The number of nitrogen functional groups attached to an aromatic ring is 1. The minimum atomic E-state index is -3.33. The molecule has 1 aliphatic heterocycles. The number of hydrogen-bond acceptors (Lipinski definition) is 6. The number of rotatable bonds is 3. The summed E-state index contributed by atoms with van der Waals surface area (Å²) in [5, 5.41) is 8.53. The Labute approximate surface area is 121 Å². The summed E-state index contributed by atoms with van der Waals surface area (Å²) in [6, 6.07) is 4.58. The molecule has 6 nitrogen and oxygen atoms in total. The Bertz CT molecular complexity index is 630. The summed E-state index contributed by atoms with van der Waals surface area (Å²) in [4.78, 5) is 12.9. The molecule has 2 rings (SSSR count). The van der Waals surface area contributed by atoms with E-state index in [-0.39, 0.29) is 11.3 Å². The van der Waals surface area contributed by atoms with E-state index in [1.165, 1.54) is 17.8 Å². The molecule has 1 unspecified atom stereocenters. The van der Waals surface area contributed by atoms with Gasteiger partial charge in [-0.2, -0.15) is 11.8 Å². The molecule has 20 heavy (non-hydrogen) atoms. The molecular weight excluding hydrogens is 300 g/mol. The molecule has 8 heteroatoms. The zero-order valence-corrected chi connectivity index (χ0v) is 12.6. The van der Waals surface area contributed by atoms with Gasteiger partial charge >= 0.3 is 5.97 Å². The summed E-state index contributed by atoms with van der Waals surface area (Å²) in [6.45, 7) is 0.455. The Morgan fingerprint density at radius 3 is 2.80 bits per heavy atom. The number of carbonyl (C=O) groups is 1. The highest BCUT2D eigenvalue weighted by atomic mass is 32.2. The molecule has 0 bridgehead atoms. The lowest BCUT2D eigenvalue weighted by atomic mass is 10.1. The first-order valence-corrected chi connectivity index (χ1v) is 9.08. The van der Waals surface area contributed by atoms with Gasteiger partial charge in [0.05, 0.1) is 16.9 Å². The number of anilines is 2. The Hall–Kier alpha value is -1.41. The molecule has 110 valence electrons. The third-order valence-corrected chi connectivity index (χ3v) is 5.81. The van der Waals surface area contributed by atoms with Crippen molar-refractivity contribution in [3.8, 4) is 0 Å². The van der Waals surface area contributed by atoms with Crippen LogP contribution in [0.5, 0.6) is 0 Å². The maximum Gasteiger partial charge on any atom is 0.337 e. The van der Waals surface area contributed by atoms with E-state index < -0.39 is 21.2 Å². The number of para-hydroxylation sites is 1. The van der Waals surface area contributed by atoms with E-state index >= 15 is 0 Å². The number of benzene rings is 1. The van der Waals surface area contributed by atoms with Crippen molar-refractivity contribution in [1.82, 2.24) is 0 Å². The van der Waals surface area contributed by atoms with E-state index in [0.29, 0.717) is 18.0 Å². The molecule has 1 aromatic carbocycles. The highest BCUT2D eigenvalue weighted by molar-refractivity contribution is 8.01. The van der Waals surface area contributed by atoms with Gasteiger partial charge in [-0.3, -0.25) is 0 Å². The number of carboxylic acid groups (broad SMARTS) is 1. The molecule has 1 saturated heterocycles. The predicted octanol–water partition coefficient (Wildman–Crippen LogP) is 0.891. The highest BCUT2D eigenvalue weighted by Crippen LogP contribution is 2.34. The first kappa shape index (κ1) is 15.0. The standard InChI is InChI=1S/C12H16N2O4S2/c1-20(17,18)10-7-19-6-5-14(10)11-8(12(15)16)3-2-4-9(11)13/h2-4,10H,5-7,13H2,1H3,(H,15,16). The normalized spacial score (nSPS) is 19.9. The second-order valence-corrected chi connectivity index (χ2v) is 7.95.